The van der Waals surface area contributed by atoms with E-state index < -0.39 is 11.7 Å². The lowest BCUT2D eigenvalue weighted by molar-refractivity contribution is -0.139. The molecule has 5 heteroatoms. The van der Waals surface area contributed by atoms with E-state index in [-0.39, 0.29) is 10.5 Å². The molecule has 0 saturated carbocycles. The molecule has 0 N–H and O–H groups in total. The molecule has 0 spiro atoms. The van der Waals surface area contributed by atoms with Gasteiger partial charge in [-0.05, 0) is 18.6 Å². The average molecular weight is 217 g/mol. The van der Waals surface area contributed by atoms with Gasteiger partial charge in [0.2, 0.25) is 0 Å². The molecule has 0 atom stereocenters. The van der Waals surface area contributed by atoms with Gasteiger partial charge in [-0.25, -0.2) is 0 Å². The third-order valence-electron chi connectivity index (χ3n) is 1.79. The first-order chi connectivity index (χ1) is 6.38. The van der Waals surface area contributed by atoms with Crippen LogP contribution in [0.25, 0.3) is 0 Å². The summed E-state index contributed by atoms with van der Waals surface area (Å²) >= 11 is 3.69. The Hall–Kier alpha value is -1.15. The van der Waals surface area contributed by atoms with Crippen LogP contribution in [0.15, 0.2) is 17.0 Å². The Bertz CT molecular complexity index is 404. The highest BCUT2D eigenvalue weighted by atomic mass is 32.1. The predicted molar refractivity (Wildman–Crippen MR) is 48.1 cm³/mol. The number of aryl methyl sites for hydroxylation is 1. The zero-order chi connectivity index (χ0) is 10.9. The fourth-order valence-corrected chi connectivity index (χ4v) is 1.44. The minimum atomic E-state index is -4.53. The van der Waals surface area contributed by atoms with Crippen molar-refractivity contribution in [2.45, 2.75) is 18.0 Å². The van der Waals surface area contributed by atoms with Crippen molar-refractivity contribution < 1.29 is 13.2 Å². The Morgan fingerprint density at radius 1 is 1.36 bits per heavy atom. The van der Waals surface area contributed by atoms with Crippen LogP contribution in [0.3, 0.4) is 0 Å². The third-order valence-corrected chi connectivity index (χ3v) is 2.16. The van der Waals surface area contributed by atoms with Crippen molar-refractivity contribution in [2.24, 2.45) is 0 Å². The SMILES string of the molecule is Cc1ccc(S)c(C(F)(F)F)c1C#N. The lowest BCUT2D eigenvalue weighted by Gasteiger charge is -2.12. The molecule has 0 aliphatic heterocycles. The molecule has 0 amide bonds. The minimum absolute atomic E-state index is 0.223. The van der Waals surface area contributed by atoms with Crippen molar-refractivity contribution in [2.75, 3.05) is 0 Å². The van der Waals surface area contributed by atoms with Gasteiger partial charge in [-0.15, -0.1) is 12.6 Å². The molecule has 0 fully saturated rings. The molecule has 0 saturated heterocycles. The van der Waals surface area contributed by atoms with E-state index in [1.54, 1.807) is 6.07 Å². The average Bonchev–Trinajstić information content (AvgIpc) is 2.06. The van der Waals surface area contributed by atoms with Crippen LogP contribution in [-0.2, 0) is 6.18 Å². The lowest BCUT2D eigenvalue weighted by Crippen LogP contribution is -2.10. The van der Waals surface area contributed by atoms with E-state index in [0.29, 0.717) is 5.56 Å². The molecule has 0 radical (unpaired) electrons. The zero-order valence-corrected chi connectivity index (χ0v) is 8.08. The van der Waals surface area contributed by atoms with Crippen LogP contribution in [0.4, 0.5) is 13.2 Å². The molecule has 1 nitrogen and oxygen atoms in total. The highest BCUT2D eigenvalue weighted by Crippen LogP contribution is 2.37. The van der Waals surface area contributed by atoms with Gasteiger partial charge in [0.15, 0.2) is 0 Å². The van der Waals surface area contributed by atoms with Crippen molar-refractivity contribution in [3.8, 4) is 6.07 Å². The van der Waals surface area contributed by atoms with Crippen molar-refractivity contribution in [3.63, 3.8) is 0 Å². The van der Waals surface area contributed by atoms with Gasteiger partial charge in [-0.1, -0.05) is 6.07 Å². The molecule has 74 valence electrons. The summed E-state index contributed by atoms with van der Waals surface area (Å²) in [6.07, 6.45) is -4.53. The molecule has 0 bridgehead atoms. The molecule has 0 aromatic heterocycles. The third kappa shape index (κ3) is 1.85. The van der Waals surface area contributed by atoms with E-state index in [1.807, 2.05) is 0 Å². The molecule has 0 unspecified atom stereocenters. The summed E-state index contributed by atoms with van der Waals surface area (Å²) < 4.78 is 37.4. The van der Waals surface area contributed by atoms with Crippen LogP contribution >= 0.6 is 12.6 Å². The maximum absolute atomic E-state index is 12.5. The standard InChI is InChI=1S/C9H6F3NS/c1-5-2-3-7(14)8(6(5)4-13)9(10,11)12/h2-3,14H,1H3. The first-order valence-corrected chi connectivity index (χ1v) is 4.12. The highest BCUT2D eigenvalue weighted by molar-refractivity contribution is 7.80. The van der Waals surface area contributed by atoms with Gasteiger partial charge in [0.25, 0.3) is 0 Å². The topological polar surface area (TPSA) is 23.8 Å². The van der Waals surface area contributed by atoms with Crippen LogP contribution in [0.1, 0.15) is 16.7 Å². The maximum atomic E-state index is 12.5. The summed E-state index contributed by atoms with van der Waals surface area (Å²) in [5, 5.41) is 8.60. The zero-order valence-electron chi connectivity index (χ0n) is 7.18. The van der Waals surface area contributed by atoms with Crippen molar-refractivity contribution in [1.29, 1.82) is 5.26 Å². The lowest BCUT2D eigenvalue weighted by atomic mass is 10.0. The van der Waals surface area contributed by atoms with E-state index in [1.165, 1.54) is 19.1 Å². The Balaban J connectivity index is 3.56. The fourth-order valence-electron chi connectivity index (χ4n) is 1.13. The van der Waals surface area contributed by atoms with E-state index in [2.05, 4.69) is 12.6 Å². The molecule has 1 rings (SSSR count). The number of hydrogen-bond acceptors (Lipinski definition) is 2. The number of alkyl halides is 3. The molecular weight excluding hydrogens is 211 g/mol. The first-order valence-electron chi connectivity index (χ1n) is 3.67. The summed E-state index contributed by atoms with van der Waals surface area (Å²) in [4.78, 5) is -0.223. The van der Waals surface area contributed by atoms with E-state index in [9.17, 15) is 13.2 Å². The van der Waals surface area contributed by atoms with Crippen LogP contribution in [-0.4, -0.2) is 0 Å². The molecule has 0 aliphatic rings. The van der Waals surface area contributed by atoms with E-state index in [0.717, 1.165) is 0 Å². The molecule has 1 aromatic carbocycles. The number of nitriles is 1. The first kappa shape index (κ1) is 10.9. The van der Waals surface area contributed by atoms with Crippen molar-refractivity contribution in [3.05, 3.63) is 28.8 Å². The summed E-state index contributed by atoms with van der Waals surface area (Å²) in [5.41, 5.74) is -1.01. The van der Waals surface area contributed by atoms with Crippen molar-refractivity contribution in [1.82, 2.24) is 0 Å². The molecule has 1 aromatic rings. The Morgan fingerprint density at radius 3 is 2.29 bits per heavy atom. The number of nitrogens with zero attached hydrogens (tertiary/aromatic N) is 1. The molecule has 0 aliphatic carbocycles. The quantitative estimate of drug-likeness (QED) is 0.663. The monoisotopic (exact) mass is 217 g/mol. The van der Waals surface area contributed by atoms with Gasteiger partial charge in [-0.3, -0.25) is 0 Å². The second kappa shape index (κ2) is 3.54. The van der Waals surface area contributed by atoms with Crippen LogP contribution < -0.4 is 0 Å². The number of thiol groups is 1. The van der Waals surface area contributed by atoms with Gasteiger partial charge in [-0.2, -0.15) is 18.4 Å². The Labute approximate surface area is 84.6 Å². The fraction of sp³-hybridized carbons (Fsp3) is 0.222. The van der Waals surface area contributed by atoms with E-state index in [4.69, 9.17) is 5.26 Å². The predicted octanol–water partition coefficient (Wildman–Crippen LogP) is 3.17. The smallest absolute Gasteiger partial charge is 0.192 e. The second-order valence-corrected chi connectivity index (χ2v) is 3.24. The Kier molecular flexibility index (Phi) is 2.76. The van der Waals surface area contributed by atoms with Gasteiger partial charge in [0.1, 0.15) is 6.07 Å². The van der Waals surface area contributed by atoms with Crippen molar-refractivity contribution >= 4 is 12.6 Å². The number of rotatable bonds is 0. The van der Waals surface area contributed by atoms with Gasteiger partial charge >= 0.3 is 6.18 Å². The molecule has 0 heterocycles. The highest BCUT2D eigenvalue weighted by Gasteiger charge is 2.36. The van der Waals surface area contributed by atoms with E-state index >= 15 is 0 Å². The maximum Gasteiger partial charge on any atom is 0.418 e. The number of hydrogen-bond donors (Lipinski definition) is 1. The van der Waals surface area contributed by atoms with Gasteiger partial charge < -0.3 is 0 Å². The van der Waals surface area contributed by atoms with Crippen LogP contribution in [0.5, 0.6) is 0 Å². The van der Waals surface area contributed by atoms with Crippen LogP contribution in [0, 0.1) is 18.3 Å². The van der Waals surface area contributed by atoms with Crippen LogP contribution in [0.2, 0.25) is 0 Å². The summed E-state index contributed by atoms with van der Waals surface area (Å²) in [7, 11) is 0. The van der Waals surface area contributed by atoms with Gasteiger partial charge in [0.05, 0.1) is 11.1 Å². The summed E-state index contributed by atoms with van der Waals surface area (Å²) in [6, 6.07) is 4.22. The van der Waals surface area contributed by atoms with Gasteiger partial charge in [0, 0.05) is 4.90 Å². The minimum Gasteiger partial charge on any atom is -0.192 e. The summed E-state index contributed by atoms with van der Waals surface area (Å²) in [6.45, 7) is 1.46. The molecule has 14 heavy (non-hydrogen) atoms. The second-order valence-electron chi connectivity index (χ2n) is 2.76. The number of halogens is 3. The Morgan fingerprint density at radius 2 is 1.93 bits per heavy atom. The normalized spacial score (nSPS) is 11.1. The molecular formula is C9H6F3NS. The summed E-state index contributed by atoms with van der Waals surface area (Å²) in [5.74, 6) is 0. The largest absolute Gasteiger partial charge is 0.418 e. The number of benzene rings is 1.